The van der Waals surface area contributed by atoms with Crippen molar-refractivity contribution in [3.05, 3.63) is 187 Å². The normalized spacial score (nSPS) is 12.3. The van der Waals surface area contributed by atoms with Gasteiger partial charge in [0.25, 0.3) is 0 Å². The molecule has 0 aliphatic heterocycles. The third kappa shape index (κ3) is 5.64. The first kappa shape index (κ1) is 30.6. The van der Waals surface area contributed by atoms with Gasteiger partial charge in [0, 0.05) is 47.8 Å². The Kier molecular flexibility index (Phi) is 7.88. The molecule has 0 saturated carbocycles. The van der Waals surface area contributed by atoms with Crippen LogP contribution < -0.4 is 0 Å². The molecule has 0 fully saturated rings. The van der Waals surface area contributed by atoms with Crippen LogP contribution in [-0.4, -0.2) is 23.0 Å². The second kappa shape index (κ2) is 13.1. The van der Waals surface area contributed by atoms with E-state index in [0.29, 0.717) is 18.2 Å². The topological polar surface area (TPSA) is 42.0 Å². The first-order chi connectivity index (χ1) is 25.2. The lowest BCUT2D eigenvalue weighted by atomic mass is 10.0. The standard InChI is InChI=1S/C46H32N4S/c1-47-45(32-13-4-2-5-14-32)49-46(33-15-6-3-7-16-33)48-30-31-23-26-35(27-24-31)50-41-21-10-8-17-37(41)38-28-25-34(29-42(38)50)36-19-12-20-40-39-18-9-11-22-43(39)51-44(36)40/h2-29H,1,30H2. The van der Waals surface area contributed by atoms with Gasteiger partial charge in [-0.3, -0.25) is 4.99 Å². The molecule has 0 spiro atoms. The van der Waals surface area contributed by atoms with E-state index in [1.807, 2.05) is 72.0 Å². The molecule has 0 aliphatic carbocycles. The van der Waals surface area contributed by atoms with Crippen molar-refractivity contribution in [3.8, 4) is 16.8 Å². The number of para-hydroxylation sites is 1. The molecule has 4 nitrogen and oxygen atoms in total. The molecular weight excluding hydrogens is 641 g/mol. The molecule has 0 N–H and O–H groups in total. The zero-order chi connectivity index (χ0) is 34.1. The van der Waals surface area contributed by atoms with Gasteiger partial charge in [0.2, 0.25) is 0 Å². The van der Waals surface area contributed by atoms with Crippen molar-refractivity contribution < 1.29 is 0 Å². The fourth-order valence-corrected chi connectivity index (χ4v) is 8.20. The van der Waals surface area contributed by atoms with Crippen LogP contribution in [0.3, 0.4) is 0 Å². The van der Waals surface area contributed by atoms with Gasteiger partial charge in [0.1, 0.15) is 0 Å². The maximum atomic E-state index is 4.99. The highest BCUT2D eigenvalue weighted by Crippen LogP contribution is 2.41. The van der Waals surface area contributed by atoms with Crippen LogP contribution in [0.4, 0.5) is 0 Å². The van der Waals surface area contributed by atoms with E-state index in [9.17, 15) is 0 Å². The average molecular weight is 673 g/mol. The molecule has 0 amide bonds. The van der Waals surface area contributed by atoms with Crippen molar-refractivity contribution in [3.63, 3.8) is 0 Å². The van der Waals surface area contributed by atoms with Crippen LogP contribution >= 0.6 is 11.3 Å². The van der Waals surface area contributed by atoms with Crippen molar-refractivity contribution >= 4 is 71.7 Å². The number of amidine groups is 2. The molecule has 242 valence electrons. The van der Waals surface area contributed by atoms with Gasteiger partial charge in [-0.15, -0.1) is 11.3 Å². The first-order valence-corrected chi connectivity index (χ1v) is 17.8. The molecule has 0 unspecified atom stereocenters. The number of hydrogen-bond acceptors (Lipinski definition) is 2. The molecule has 2 heterocycles. The molecule has 2 aromatic heterocycles. The van der Waals surface area contributed by atoms with Gasteiger partial charge >= 0.3 is 0 Å². The van der Waals surface area contributed by atoms with Gasteiger partial charge in [-0.1, -0.05) is 140 Å². The second-order valence-corrected chi connectivity index (χ2v) is 13.5. The Balaban J connectivity index is 1.11. The minimum absolute atomic E-state index is 0.476. The monoisotopic (exact) mass is 672 g/mol. The second-order valence-electron chi connectivity index (χ2n) is 12.5. The molecule has 9 aromatic rings. The lowest BCUT2D eigenvalue weighted by Crippen LogP contribution is -2.05. The van der Waals surface area contributed by atoms with Gasteiger partial charge in [-0.2, -0.15) is 0 Å². The predicted octanol–water partition coefficient (Wildman–Crippen LogP) is 11.9. The number of aliphatic imine (C=N–C) groups is 3. The molecule has 0 atom stereocenters. The minimum Gasteiger partial charge on any atom is -0.309 e. The molecule has 9 rings (SSSR count). The quantitative estimate of drug-likeness (QED) is 0.125. The molecule has 0 saturated heterocycles. The van der Waals surface area contributed by atoms with E-state index in [2.05, 4.69) is 125 Å². The van der Waals surface area contributed by atoms with Gasteiger partial charge in [0.05, 0.1) is 17.6 Å². The lowest BCUT2D eigenvalue weighted by molar-refractivity contribution is 1.05. The highest BCUT2D eigenvalue weighted by Gasteiger charge is 2.16. The summed E-state index contributed by atoms with van der Waals surface area (Å²) in [7, 11) is 0. The van der Waals surface area contributed by atoms with E-state index in [1.54, 1.807) is 0 Å². The molecule has 0 bridgehead atoms. The zero-order valence-corrected chi connectivity index (χ0v) is 28.6. The number of aromatic nitrogens is 1. The first-order valence-electron chi connectivity index (χ1n) is 17.0. The summed E-state index contributed by atoms with van der Waals surface area (Å²) < 4.78 is 5.02. The Morgan fingerprint density at radius 2 is 1.20 bits per heavy atom. The highest BCUT2D eigenvalue weighted by atomic mass is 32.1. The smallest absolute Gasteiger partial charge is 0.161 e. The Bertz CT molecular complexity index is 2770. The number of thiophene rings is 1. The largest absolute Gasteiger partial charge is 0.309 e. The maximum Gasteiger partial charge on any atom is 0.161 e. The van der Waals surface area contributed by atoms with E-state index in [4.69, 9.17) is 9.98 Å². The Morgan fingerprint density at radius 3 is 1.96 bits per heavy atom. The fourth-order valence-electron chi connectivity index (χ4n) is 6.96. The summed E-state index contributed by atoms with van der Waals surface area (Å²) >= 11 is 1.87. The predicted molar refractivity (Wildman–Crippen MR) is 218 cm³/mol. The fraction of sp³-hybridized carbons (Fsp3) is 0.0217. The summed E-state index contributed by atoms with van der Waals surface area (Å²) in [5.74, 6) is 1.16. The van der Waals surface area contributed by atoms with Crippen LogP contribution in [0.25, 0.3) is 58.8 Å². The van der Waals surface area contributed by atoms with E-state index in [1.165, 1.54) is 53.1 Å². The van der Waals surface area contributed by atoms with Crippen molar-refractivity contribution in [1.82, 2.24) is 4.57 Å². The maximum absolute atomic E-state index is 4.99. The summed E-state index contributed by atoms with van der Waals surface area (Å²) in [6.45, 7) is 4.26. The molecule has 5 heteroatoms. The van der Waals surface area contributed by atoms with Crippen LogP contribution in [0.5, 0.6) is 0 Å². The van der Waals surface area contributed by atoms with Crippen molar-refractivity contribution in [2.24, 2.45) is 15.0 Å². The van der Waals surface area contributed by atoms with Gasteiger partial charge in [-0.25, -0.2) is 9.98 Å². The van der Waals surface area contributed by atoms with E-state index < -0.39 is 0 Å². The number of hydrogen-bond donors (Lipinski definition) is 0. The van der Waals surface area contributed by atoms with E-state index >= 15 is 0 Å². The number of fused-ring (bicyclic) bond motifs is 6. The zero-order valence-electron chi connectivity index (χ0n) is 27.8. The summed E-state index contributed by atoms with van der Waals surface area (Å²) in [5.41, 5.74) is 8.87. The van der Waals surface area contributed by atoms with Gasteiger partial charge in [-0.05, 0) is 53.7 Å². The van der Waals surface area contributed by atoms with Crippen molar-refractivity contribution in [2.45, 2.75) is 6.54 Å². The average Bonchev–Trinajstić information content (AvgIpc) is 3.74. The summed E-state index contributed by atoms with van der Waals surface area (Å²) in [6.07, 6.45) is 0. The Labute approximate surface area is 300 Å². The number of benzene rings is 7. The lowest BCUT2D eigenvalue weighted by Gasteiger charge is -2.10. The van der Waals surface area contributed by atoms with Crippen molar-refractivity contribution in [2.75, 3.05) is 0 Å². The SMILES string of the molecule is C=NC(=NC(=NCc1ccc(-n2c3ccccc3c3ccc(-c4cccc5c4sc4ccccc45)cc32)cc1)c1ccccc1)c1ccccc1. The third-order valence-corrected chi connectivity index (χ3v) is 10.6. The molecule has 7 aromatic carbocycles. The van der Waals surface area contributed by atoms with Crippen LogP contribution in [-0.2, 0) is 6.54 Å². The summed E-state index contributed by atoms with van der Waals surface area (Å²) in [4.78, 5) is 14.1. The Hall–Kier alpha value is -6.43. The van der Waals surface area contributed by atoms with Crippen molar-refractivity contribution in [1.29, 1.82) is 0 Å². The van der Waals surface area contributed by atoms with E-state index in [-0.39, 0.29) is 0 Å². The van der Waals surface area contributed by atoms with Crippen LogP contribution in [0.15, 0.2) is 185 Å². The molecule has 0 radical (unpaired) electrons. The molecular formula is C46H32N4S. The summed E-state index contributed by atoms with van der Waals surface area (Å²) in [6, 6.07) is 59.6. The van der Waals surface area contributed by atoms with E-state index in [0.717, 1.165) is 22.4 Å². The summed E-state index contributed by atoms with van der Waals surface area (Å²) in [5, 5.41) is 5.10. The van der Waals surface area contributed by atoms with Crippen LogP contribution in [0.1, 0.15) is 16.7 Å². The molecule has 0 aliphatic rings. The number of rotatable bonds is 6. The third-order valence-electron chi connectivity index (χ3n) is 9.42. The minimum atomic E-state index is 0.476. The van der Waals surface area contributed by atoms with Gasteiger partial charge in [0.15, 0.2) is 11.7 Å². The number of nitrogens with zero attached hydrogens (tertiary/aromatic N) is 4. The van der Waals surface area contributed by atoms with Crippen LogP contribution in [0.2, 0.25) is 0 Å². The Morgan fingerprint density at radius 1 is 0.549 bits per heavy atom. The van der Waals surface area contributed by atoms with Crippen LogP contribution in [0, 0.1) is 0 Å². The molecule has 51 heavy (non-hydrogen) atoms. The van der Waals surface area contributed by atoms with Gasteiger partial charge < -0.3 is 4.57 Å². The highest BCUT2D eigenvalue weighted by molar-refractivity contribution is 7.26.